The molecular weight excluding hydrogens is 360 g/mol. The summed E-state index contributed by atoms with van der Waals surface area (Å²) in [5.74, 6) is 1.33. The molecule has 0 aliphatic carbocycles. The third-order valence-electron chi connectivity index (χ3n) is 4.61. The summed E-state index contributed by atoms with van der Waals surface area (Å²) in [6.45, 7) is 0. The van der Waals surface area contributed by atoms with Gasteiger partial charge < -0.3 is 9.47 Å². The van der Waals surface area contributed by atoms with Crippen LogP contribution in [-0.4, -0.2) is 63.5 Å². The van der Waals surface area contributed by atoms with Crippen LogP contribution in [0.2, 0.25) is 0 Å². The van der Waals surface area contributed by atoms with E-state index in [2.05, 4.69) is 0 Å². The molecule has 1 saturated heterocycles. The van der Waals surface area contributed by atoms with Crippen LogP contribution in [0.4, 0.5) is 21.0 Å². The molecule has 0 saturated carbocycles. The minimum absolute atomic E-state index is 0.404. The molecule has 2 aromatic carbocycles. The number of imide groups is 1. The molecule has 8 heteroatoms. The second-order valence-corrected chi connectivity index (χ2v) is 6.59. The summed E-state index contributed by atoms with van der Waals surface area (Å²) in [7, 11) is 8.46. The Balaban J connectivity index is 2.05. The van der Waals surface area contributed by atoms with E-state index in [0.29, 0.717) is 22.9 Å². The Kier molecular flexibility index (Phi) is 5.41. The van der Waals surface area contributed by atoms with Crippen molar-refractivity contribution in [2.45, 2.75) is 6.29 Å². The molecule has 0 radical (unpaired) electrons. The number of benzene rings is 2. The van der Waals surface area contributed by atoms with Crippen molar-refractivity contribution >= 4 is 23.4 Å². The maximum absolute atomic E-state index is 13.4. The molecule has 0 spiro atoms. The van der Waals surface area contributed by atoms with Crippen LogP contribution in [0.1, 0.15) is 0 Å². The van der Waals surface area contributed by atoms with Crippen LogP contribution in [-0.2, 0) is 0 Å². The number of amides is 4. The molecule has 1 fully saturated rings. The van der Waals surface area contributed by atoms with Gasteiger partial charge in [0.05, 0.1) is 19.9 Å². The lowest BCUT2D eigenvalue weighted by atomic mass is 10.2. The number of nitrogens with zero attached hydrogens (tertiary/aromatic N) is 4. The molecule has 8 nitrogen and oxygen atoms in total. The summed E-state index contributed by atoms with van der Waals surface area (Å²) in [5.41, 5.74) is 1.13. The van der Waals surface area contributed by atoms with Crippen molar-refractivity contribution in [1.82, 2.24) is 9.80 Å². The highest BCUT2D eigenvalue weighted by molar-refractivity contribution is 6.21. The first-order chi connectivity index (χ1) is 13.4. The minimum atomic E-state index is -0.567. The molecule has 0 N–H and O–H groups in total. The largest absolute Gasteiger partial charge is 0.497 e. The molecule has 0 aromatic heterocycles. The average Bonchev–Trinajstić information content (AvgIpc) is 2.71. The summed E-state index contributed by atoms with van der Waals surface area (Å²) >= 11 is 0. The summed E-state index contributed by atoms with van der Waals surface area (Å²) in [4.78, 5) is 32.5. The molecule has 0 bridgehead atoms. The number of methoxy groups -OCH3 is 2. The van der Waals surface area contributed by atoms with Gasteiger partial charge in [-0.2, -0.15) is 0 Å². The standard InChI is InChI=1S/C20H24N4O4/c1-21(2)18-22(3)19(25)24(15-8-12-17(28-5)13-9-15)20(26)23(18)14-6-10-16(27-4)11-7-14/h6-13,18H,1-5H3. The highest BCUT2D eigenvalue weighted by Gasteiger charge is 2.45. The van der Waals surface area contributed by atoms with Crippen molar-refractivity contribution < 1.29 is 19.1 Å². The van der Waals surface area contributed by atoms with E-state index in [1.165, 1.54) is 4.90 Å². The number of carbonyl (C=O) groups is 2. The van der Waals surface area contributed by atoms with E-state index in [1.807, 2.05) is 19.0 Å². The van der Waals surface area contributed by atoms with Gasteiger partial charge in [0.15, 0.2) is 6.29 Å². The lowest BCUT2D eigenvalue weighted by Crippen LogP contribution is -2.69. The SMILES string of the molecule is COc1ccc(N2C(=O)N(C)C(N(C)C)N(c3ccc(OC)cc3)C2=O)cc1. The first-order valence-electron chi connectivity index (χ1n) is 8.73. The molecule has 1 unspecified atom stereocenters. The molecule has 3 rings (SSSR count). The second-order valence-electron chi connectivity index (χ2n) is 6.59. The molecule has 1 heterocycles. The summed E-state index contributed by atoms with van der Waals surface area (Å²) in [6.07, 6.45) is -0.567. The van der Waals surface area contributed by atoms with Crippen LogP contribution >= 0.6 is 0 Å². The third kappa shape index (κ3) is 3.34. The lowest BCUT2D eigenvalue weighted by Gasteiger charge is -2.48. The van der Waals surface area contributed by atoms with Gasteiger partial charge in [0, 0.05) is 12.7 Å². The third-order valence-corrected chi connectivity index (χ3v) is 4.61. The maximum atomic E-state index is 13.4. The van der Waals surface area contributed by atoms with Crippen molar-refractivity contribution in [3.05, 3.63) is 48.5 Å². The van der Waals surface area contributed by atoms with E-state index < -0.39 is 18.4 Å². The van der Waals surface area contributed by atoms with Gasteiger partial charge >= 0.3 is 12.1 Å². The highest BCUT2D eigenvalue weighted by Crippen LogP contribution is 2.31. The summed E-state index contributed by atoms with van der Waals surface area (Å²) in [5, 5.41) is 0. The van der Waals surface area contributed by atoms with E-state index in [4.69, 9.17) is 9.47 Å². The number of hydrogen-bond donors (Lipinski definition) is 0. The van der Waals surface area contributed by atoms with E-state index in [0.717, 1.165) is 4.90 Å². The van der Waals surface area contributed by atoms with Gasteiger partial charge in [-0.05, 0) is 62.6 Å². The van der Waals surface area contributed by atoms with Gasteiger partial charge in [0.1, 0.15) is 11.5 Å². The smallest absolute Gasteiger partial charge is 0.340 e. The Bertz CT molecular complexity index is 852. The number of anilines is 2. The fourth-order valence-corrected chi connectivity index (χ4v) is 3.23. The Hall–Kier alpha value is -3.26. The molecule has 2 aromatic rings. The fourth-order valence-electron chi connectivity index (χ4n) is 3.23. The topological polar surface area (TPSA) is 65.6 Å². The lowest BCUT2D eigenvalue weighted by molar-refractivity contribution is 0.113. The van der Waals surface area contributed by atoms with Gasteiger partial charge in [-0.3, -0.25) is 14.7 Å². The summed E-state index contributed by atoms with van der Waals surface area (Å²) in [6, 6.07) is 13.1. The first-order valence-corrected chi connectivity index (χ1v) is 8.73. The number of ether oxygens (including phenoxy) is 2. The quantitative estimate of drug-likeness (QED) is 0.793. The van der Waals surface area contributed by atoms with Gasteiger partial charge in [-0.15, -0.1) is 0 Å². The normalized spacial score (nSPS) is 17.4. The van der Waals surface area contributed by atoms with Crippen LogP contribution in [0.15, 0.2) is 48.5 Å². The molecule has 1 aliphatic rings. The Morgan fingerprint density at radius 2 is 1.25 bits per heavy atom. The van der Waals surface area contributed by atoms with Crippen LogP contribution in [0.3, 0.4) is 0 Å². The molecule has 1 atom stereocenters. The van der Waals surface area contributed by atoms with E-state index in [9.17, 15) is 9.59 Å². The second kappa shape index (κ2) is 7.77. The van der Waals surface area contributed by atoms with Crippen molar-refractivity contribution in [2.24, 2.45) is 0 Å². The van der Waals surface area contributed by atoms with Crippen LogP contribution < -0.4 is 19.3 Å². The molecule has 4 amide bonds. The van der Waals surface area contributed by atoms with Gasteiger partial charge in [0.25, 0.3) is 0 Å². The maximum Gasteiger partial charge on any atom is 0.340 e. The highest BCUT2D eigenvalue weighted by atomic mass is 16.5. The Morgan fingerprint density at radius 1 is 0.786 bits per heavy atom. The number of hydrogen-bond acceptors (Lipinski definition) is 5. The first kappa shape index (κ1) is 19.5. The fraction of sp³-hybridized carbons (Fsp3) is 0.300. The molecular formula is C20H24N4O4. The average molecular weight is 384 g/mol. The monoisotopic (exact) mass is 384 g/mol. The predicted octanol–water partition coefficient (Wildman–Crippen LogP) is 3.05. The van der Waals surface area contributed by atoms with Crippen molar-refractivity contribution in [1.29, 1.82) is 0 Å². The number of urea groups is 2. The van der Waals surface area contributed by atoms with E-state index >= 15 is 0 Å². The molecule has 1 aliphatic heterocycles. The number of rotatable bonds is 5. The van der Waals surface area contributed by atoms with Crippen LogP contribution in [0, 0.1) is 0 Å². The van der Waals surface area contributed by atoms with Crippen molar-refractivity contribution in [2.75, 3.05) is 45.2 Å². The van der Waals surface area contributed by atoms with Crippen molar-refractivity contribution in [3.8, 4) is 11.5 Å². The van der Waals surface area contributed by atoms with Crippen LogP contribution in [0.25, 0.3) is 0 Å². The van der Waals surface area contributed by atoms with E-state index in [-0.39, 0.29) is 0 Å². The van der Waals surface area contributed by atoms with Crippen molar-refractivity contribution in [3.63, 3.8) is 0 Å². The predicted molar refractivity (Wildman–Crippen MR) is 107 cm³/mol. The number of carbonyl (C=O) groups excluding carboxylic acids is 2. The molecule has 28 heavy (non-hydrogen) atoms. The molecule has 148 valence electrons. The zero-order valence-corrected chi connectivity index (χ0v) is 16.6. The minimum Gasteiger partial charge on any atom is -0.497 e. The van der Waals surface area contributed by atoms with E-state index in [1.54, 1.807) is 74.7 Å². The zero-order chi connectivity index (χ0) is 20.4. The Morgan fingerprint density at radius 3 is 1.68 bits per heavy atom. The van der Waals surface area contributed by atoms with Gasteiger partial charge in [0.2, 0.25) is 0 Å². The van der Waals surface area contributed by atoms with Crippen LogP contribution in [0.5, 0.6) is 11.5 Å². The van der Waals surface area contributed by atoms with Gasteiger partial charge in [-0.1, -0.05) is 0 Å². The van der Waals surface area contributed by atoms with Gasteiger partial charge in [-0.25, -0.2) is 14.5 Å². The Labute approximate surface area is 164 Å². The zero-order valence-electron chi connectivity index (χ0n) is 16.6. The summed E-state index contributed by atoms with van der Waals surface area (Å²) < 4.78 is 10.4.